The Kier molecular flexibility index (Phi) is 25.0. The van der Waals surface area contributed by atoms with Gasteiger partial charge in [0.2, 0.25) is 0 Å². The minimum absolute atomic E-state index is 0. The monoisotopic (exact) mass is 1600 g/mol. The fourth-order valence-corrected chi connectivity index (χ4v) is 18.4. The molecule has 0 bridgehead atoms. The summed E-state index contributed by atoms with van der Waals surface area (Å²) in [6.45, 7) is 5.76. The second-order valence-electron chi connectivity index (χ2n) is 27.3. The number of benzene rings is 3. The van der Waals surface area contributed by atoms with Gasteiger partial charge in [-0.3, -0.25) is 4.79 Å². The first kappa shape index (κ1) is 80.6. The Labute approximate surface area is 644 Å². The van der Waals surface area contributed by atoms with E-state index in [2.05, 4.69) is 50.0 Å². The maximum atomic E-state index is 14.7. The summed E-state index contributed by atoms with van der Waals surface area (Å²) in [4.78, 5) is 50.9. The van der Waals surface area contributed by atoms with Crippen LogP contribution in [0.3, 0.4) is 0 Å². The first-order valence-corrected chi connectivity index (χ1v) is 40.0. The van der Waals surface area contributed by atoms with Gasteiger partial charge < -0.3 is 10.3 Å². The maximum Gasteiger partial charge on any atom is 0.269 e. The predicted molar refractivity (Wildman–Crippen MR) is 414 cm³/mol. The molecule has 3 aromatic carbocycles. The van der Waals surface area contributed by atoms with Crippen molar-refractivity contribution in [3.05, 3.63) is 213 Å². The van der Waals surface area contributed by atoms with Crippen molar-refractivity contribution >= 4 is 109 Å². The molecule has 12 aromatic rings. The number of aryl methyl sites for hydroxylation is 3. The number of hydrogen-bond donors (Lipinski definition) is 2. The number of rotatable bonds is 16. The van der Waals surface area contributed by atoms with Crippen molar-refractivity contribution in [1.29, 1.82) is 0 Å². The standard InChI is InChI=1S/C26H26ClFN4O3S.C25H23ClFN5O3S.C25H22ClFN4O3S.2CH4/c1-16-5-7-20(8-6-16)36(34,35)32-14-22(21-11-19(27)12-30-26(21)32)25-29-13-23(28)24(31-25)10-17-3-2-4-18(9-17)15-33;1-15-5-7-19(8-6-15)36(34,35)32-14-21(20-11-17(26)12-29-25(20)32)24-28-13-22(27)23(30-24)10-16-3-2-4-18(9-16)31-33;1-15-5-7-19(8-6-15)35(33,34)31-14-21(20-11-17(26)12-29-25(20)31)24-28-13-22(27)23(30-24)10-16-3-2-4-18(32)9-16;;/h5-8,11-14,17-18,33H,2-4,9-10,15H2,1H3;5-8,11-14,16,33H,2-4,9-10H2,1H3;5-8,11-14,16H,2-4,9-10H2,1H3;2*1H4/b;31-18+;;;/t17-,18+;2*16-;;/m000../s1. The molecule has 3 fully saturated rings. The van der Waals surface area contributed by atoms with Gasteiger partial charge >= 0.3 is 0 Å². The molecule has 22 nitrogen and oxygen atoms in total. The number of oxime groups is 1. The van der Waals surface area contributed by atoms with E-state index in [4.69, 9.17) is 40.0 Å². The SMILES string of the molecule is C.C.Cc1ccc(S(=O)(=O)n2cc(-c3ncc(F)c(C[C@H]4CCC/C(=N\O)C4)n3)c3cc(Cl)cnc32)cc1.Cc1ccc(S(=O)(=O)n2cc(-c3ncc(F)c(C[C@H]4CCCC(=O)C4)n3)c3cc(Cl)cnc32)cc1.Cc1ccc(S(=O)(=O)n2cc(-c3ncc(F)c(C[C@H]4CCC[C@@H](CO)C4)n3)c3cc(Cl)cnc32)cc1. The summed E-state index contributed by atoms with van der Waals surface area (Å²) < 4.78 is 128. The Bertz CT molecular complexity index is 5780. The second-order valence-corrected chi connectivity index (χ2v) is 34.1. The van der Waals surface area contributed by atoms with Gasteiger partial charge in [0.25, 0.3) is 30.1 Å². The summed E-state index contributed by atoms with van der Waals surface area (Å²) in [5.41, 5.74) is 5.85. The van der Waals surface area contributed by atoms with Gasteiger partial charge in [-0.25, -0.2) is 95.2 Å². The summed E-state index contributed by atoms with van der Waals surface area (Å²) in [6.07, 6.45) is 22.1. The van der Waals surface area contributed by atoms with Gasteiger partial charge in [0, 0.05) is 89.5 Å². The minimum Gasteiger partial charge on any atom is -0.411 e. The molecule has 0 spiro atoms. The molecule has 2 N–H and O–H groups in total. The van der Waals surface area contributed by atoms with E-state index in [1.54, 1.807) is 66.7 Å². The largest absolute Gasteiger partial charge is 0.411 e. The molecule has 0 saturated heterocycles. The van der Waals surface area contributed by atoms with E-state index in [-0.39, 0.29) is 117 Å². The van der Waals surface area contributed by atoms with Crippen molar-refractivity contribution in [1.82, 2.24) is 56.8 Å². The molecule has 0 aliphatic heterocycles. The zero-order valence-corrected chi connectivity index (χ0v) is 62.8. The average Bonchev–Trinajstić information content (AvgIpc) is 1.61. The van der Waals surface area contributed by atoms with Gasteiger partial charge in [-0.1, -0.05) is 121 Å². The van der Waals surface area contributed by atoms with Gasteiger partial charge in [0.15, 0.2) is 51.9 Å². The Hall–Kier alpha value is -9.42. The van der Waals surface area contributed by atoms with Gasteiger partial charge in [0.05, 0.1) is 71.1 Å². The number of aliphatic hydroxyl groups is 1. The number of fused-ring (bicyclic) bond motifs is 3. The lowest BCUT2D eigenvalue weighted by atomic mass is 9.79. The Morgan fingerprint density at radius 3 is 1.14 bits per heavy atom. The molecule has 9 aromatic heterocycles. The quantitative estimate of drug-likeness (QED) is 0.0671. The Morgan fingerprint density at radius 1 is 0.459 bits per heavy atom. The highest BCUT2D eigenvalue weighted by atomic mass is 35.5. The number of carbonyl (C=O) groups is 1. The van der Waals surface area contributed by atoms with Gasteiger partial charge in [-0.05, 0) is 170 Å². The molecule has 31 heteroatoms. The lowest BCUT2D eigenvalue weighted by Crippen LogP contribution is -2.20. The van der Waals surface area contributed by atoms with Crippen molar-refractivity contribution in [3.8, 4) is 34.2 Å². The van der Waals surface area contributed by atoms with Crippen molar-refractivity contribution in [3.63, 3.8) is 0 Å². The predicted octanol–water partition coefficient (Wildman–Crippen LogP) is 17.0. The summed E-state index contributed by atoms with van der Waals surface area (Å²) in [5.74, 6) is -0.336. The molecule has 4 atom stereocenters. The maximum absolute atomic E-state index is 14.7. The van der Waals surface area contributed by atoms with Crippen molar-refractivity contribution in [2.45, 2.75) is 147 Å². The number of ketones is 1. The lowest BCUT2D eigenvalue weighted by Gasteiger charge is -2.27. The molecule has 9 heterocycles. The fraction of sp³-hybridized carbons (Fsp3) is 0.321. The van der Waals surface area contributed by atoms with Crippen LogP contribution in [0.2, 0.25) is 15.1 Å². The van der Waals surface area contributed by atoms with Crippen molar-refractivity contribution in [2.75, 3.05) is 6.61 Å². The molecular weight excluding hydrogens is 1520 g/mol. The van der Waals surface area contributed by atoms with Crippen LogP contribution in [-0.4, -0.2) is 110 Å². The fourth-order valence-electron chi connectivity index (χ4n) is 14.0. The Balaban J connectivity index is 0.000000161. The van der Waals surface area contributed by atoms with Crippen LogP contribution >= 0.6 is 34.8 Å². The van der Waals surface area contributed by atoms with E-state index in [1.165, 1.54) is 61.4 Å². The van der Waals surface area contributed by atoms with Gasteiger partial charge in [-0.15, -0.1) is 0 Å². The molecule has 570 valence electrons. The zero-order valence-electron chi connectivity index (χ0n) is 58.0. The van der Waals surface area contributed by atoms with Crippen LogP contribution in [0.15, 0.2) is 167 Å². The molecule has 109 heavy (non-hydrogen) atoms. The molecule has 3 saturated carbocycles. The van der Waals surface area contributed by atoms with E-state index < -0.39 is 47.5 Å². The first-order valence-electron chi connectivity index (χ1n) is 34.6. The minimum atomic E-state index is -3.99. The van der Waals surface area contributed by atoms with E-state index in [0.717, 1.165) is 105 Å². The molecule has 15 rings (SSSR count). The number of Topliss-reactive ketones (excluding diaryl/α,β-unsaturated/α-hetero) is 1. The summed E-state index contributed by atoms with van der Waals surface area (Å²) in [5, 5.41) is 24.3. The lowest BCUT2D eigenvalue weighted by molar-refractivity contribution is -0.121. The summed E-state index contributed by atoms with van der Waals surface area (Å²) in [6, 6.07) is 24.3. The third kappa shape index (κ3) is 17.6. The number of carbonyl (C=O) groups excluding carboxylic acids is 1. The molecule has 3 aliphatic carbocycles. The third-order valence-corrected chi connectivity index (χ3v) is 25.2. The van der Waals surface area contributed by atoms with Crippen LogP contribution < -0.4 is 0 Å². The third-order valence-electron chi connectivity index (χ3n) is 19.6. The Morgan fingerprint density at radius 2 is 0.789 bits per heavy atom. The van der Waals surface area contributed by atoms with Crippen LogP contribution in [-0.2, 0) is 54.1 Å². The van der Waals surface area contributed by atoms with Gasteiger partial charge in [0.1, 0.15) is 5.78 Å². The van der Waals surface area contributed by atoms with E-state index >= 15 is 0 Å². The van der Waals surface area contributed by atoms with Crippen molar-refractivity contribution in [2.24, 2.45) is 28.8 Å². The van der Waals surface area contributed by atoms with E-state index in [1.807, 2.05) is 20.8 Å². The first-order chi connectivity index (χ1) is 51.2. The zero-order chi connectivity index (χ0) is 75.6. The number of aromatic nitrogens is 12. The highest BCUT2D eigenvalue weighted by Crippen LogP contribution is 2.39. The number of pyridine rings is 3. The van der Waals surface area contributed by atoms with Crippen LogP contribution in [0.5, 0.6) is 0 Å². The highest BCUT2D eigenvalue weighted by molar-refractivity contribution is 7.90. The summed E-state index contributed by atoms with van der Waals surface area (Å²) in [7, 11) is -11.9. The highest BCUT2D eigenvalue weighted by Gasteiger charge is 2.31. The second kappa shape index (κ2) is 33.8. The summed E-state index contributed by atoms with van der Waals surface area (Å²) >= 11 is 18.6. The normalized spacial score (nSPS) is 17.3. The smallest absolute Gasteiger partial charge is 0.269 e. The molecule has 0 amide bonds. The average molecular weight is 1600 g/mol. The van der Waals surface area contributed by atoms with E-state index in [0.29, 0.717) is 92.2 Å². The number of aliphatic hydroxyl groups excluding tert-OH is 1. The van der Waals surface area contributed by atoms with E-state index in [9.17, 15) is 48.3 Å². The van der Waals surface area contributed by atoms with Crippen LogP contribution in [0.1, 0.15) is 126 Å². The number of halogens is 6. The number of nitrogens with zero attached hydrogens (tertiary/aromatic N) is 13. The molecule has 0 unspecified atom stereocenters. The molecular formula is C78H79Cl3F3N13O9S3. The van der Waals surface area contributed by atoms with Crippen molar-refractivity contribution < 1.29 is 53.5 Å². The molecule has 3 aliphatic rings. The van der Waals surface area contributed by atoms with Crippen LogP contribution in [0.25, 0.3) is 67.3 Å². The molecule has 0 radical (unpaired) electrons. The number of hydrogen-bond acceptors (Lipinski definition) is 19. The van der Waals surface area contributed by atoms with Gasteiger partial charge in [-0.2, -0.15) is 0 Å². The topological polar surface area (TPSA) is 303 Å². The van der Waals surface area contributed by atoms with Crippen LogP contribution in [0.4, 0.5) is 13.2 Å². The van der Waals surface area contributed by atoms with Crippen LogP contribution in [0, 0.1) is 61.9 Å².